The summed E-state index contributed by atoms with van der Waals surface area (Å²) in [5, 5.41) is 16.1. The van der Waals surface area contributed by atoms with Crippen LogP contribution in [-0.4, -0.2) is 58.9 Å². The predicted octanol–water partition coefficient (Wildman–Crippen LogP) is 2.40. The maximum Gasteiger partial charge on any atom is 0.330 e. The lowest BCUT2D eigenvalue weighted by Crippen LogP contribution is -2.54. The molecule has 2 aromatic carbocycles. The average Bonchev–Trinajstić information content (AvgIpc) is 3.06. The fourth-order valence-electron chi connectivity index (χ4n) is 3.69. The van der Waals surface area contributed by atoms with Crippen LogP contribution in [0.25, 0.3) is 10.8 Å². The number of methoxy groups -OCH3 is 1. The summed E-state index contributed by atoms with van der Waals surface area (Å²) in [7, 11) is 1.23. The topological polar surface area (TPSA) is 114 Å². The molecule has 1 unspecified atom stereocenters. The van der Waals surface area contributed by atoms with Crippen LogP contribution in [0.5, 0.6) is 5.75 Å². The molecular formula is C22H26N2O6S. The number of fused-ring (bicyclic) bond motifs is 1. The highest BCUT2D eigenvalue weighted by atomic mass is 32.2. The average molecular weight is 447 g/mol. The van der Waals surface area contributed by atoms with Crippen LogP contribution >= 0.6 is 11.8 Å². The SMILES string of the molecule is CCOc1ccc2ccccc2c1C(=O)NC(C(=O)OC)[C@@H]1N[C@@H](C(=O)O)C(C)(C)S1. The quantitative estimate of drug-likeness (QED) is 0.556. The molecule has 8 nitrogen and oxygen atoms in total. The smallest absolute Gasteiger partial charge is 0.330 e. The summed E-state index contributed by atoms with van der Waals surface area (Å²) in [5.41, 5.74) is 0.311. The van der Waals surface area contributed by atoms with Gasteiger partial charge in [-0.05, 0) is 37.6 Å². The Morgan fingerprint density at radius 1 is 1.23 bits per heavy atom. The van der Waals surface area contributed by atoms with Gasteiger partial charge in [-0.2, -0.15) is 0 Å². The van der Waals surface area contributed by atoms with Crippen molar-refractivity contribution in [3.63, 3.8) is 0 Å². The molecule has 0 bridgehead atoms. The molecule has 1 fully saturated rings. The maximum atomic E-state index is 13.4. The van der Waals surface area contributed by atoms with Crippen LogP contribution in [0.2, 0.25) is 0 Å². The first-order valence-electron chi connectivity index (χ1n) is 9.89. The lowest BCUT2D eigenvalue weighted by atomic mass is 10.0. The molecule has 0 aliphatic carbocycles. The van der Waals surface area contributed by atoms with Crippen LogP contribution in [0, 0.1) is 0 Å². The Labute approximate surface area is 184 Å². The van der Waals surface area contributed by atoms with Crippen molar-refractivity contribution in [3.8, 4) is 5.75 Å². The van der Waals surface area contributed by atoms with Gasteiger partial charge in [-0.25, -0.2) is 4.79 Å². The normalized spacial score (nSPS) is 20.8. The van der Waals surface area contributed by atoms with Crippen molar-refractivity contribution < 1.29 is 29.0 Å². The number of benzene rings is 2. The molecular weight excluding hydrogens is 420 g/mol. The largest absolute Gasteiger partial charge is 0.493 e. The van der Waals surface area contributed by atoms with Gasteiger partial charge in [0, 0.05) is 4.75 Å². The first-order valence-corrected chi connectivity index (χ1v) is 10.8. The molecule has 0 radical (unpaired) electrons. The molecule has 2 aromatic rings. The third-order valence-electron chi connectivity index (χ3n) is 5.17. The number of esters is 1. The Hall–Kier alpha value is -2.78. The second-order valence-electron chi connectivity index (χ2n) is 7.65. The van der Waals surface area contributed by atoms with Gasteiger partial charge in [0.2, 0.25) is 0 Å². The van der Waals surface area contributed by atoms with Crippen LogP contribution in [0.3, 0.4) is 0 Å². The van der Waals surface area contributed by atoms with Gasteiger partial charge in [-0.1, -0.05) is 30.3 Å². The summed E-state index contributed by atoms with van der Waals surface area (Å²) >= 11 is 1.27. The monoisotopic (exact) mass is 446 g/mol. The number of carbonyl (C=O) groups is 3. The highest BCUT2D eigenvalue weighted by Gasteiger charge is 2.49. The van der Waals surface area contributed by atoms with E-state index in [0.717, 1.165) is 5.39 Å². The number of aliphatic carboxylic acids is 1. The molecule has 0 saturated carbocycles. The minimum atomic E-state index is -1.10. The van der Waals surface area contributed by atoms with E-state index in [1.165, 1.54) is 18.9 Å². The molecule has 166 valence electrons. The molecule has 3 atom stereocenters. The van der Waals surface area contributed by atoms with E-state index >= 15 is 0 Å². The number of amides is 1. The van der Waals surface area contributed by atoms with Gasteiger partial charge in [-0.15, -0.1) is 11.8 Å². The second kappa shape index (κ2) is 9.15. The maximum absolute atomic E-state index is 13.4. The number of rotatable bonds is 7. The highest BCUT2D eigenvalue weighted by molar-refractivity contribution is 8.01. The standard InChI is InChI=1S/C22H26N2O6S/c1-5-30-14-11-10-12-8-6-7-9-13(12)15(14)18(25)23-16(21(28)29-4)19-24-17(20(26)27)22(2,3)31-19/h6-11,16-17,19,24H,5H2,1-4H3,(H,23,25)(H,26,27)/t16?,17-,19+/m0/s1. The zero-order valence-corrected chi connectivity index (χ0v) is 18.6. The van der Waals surface area contributed by atoms with E-state index in [1.54, 1.807) is 19.9 Å². The minimum absolute atomic E-state index is 0.311. The number of carboxylic acids is 1. The molecule has 31 heavy (non-hydrogen) atoms. The van der Waals surface area contributed by atoms with Crippen molar-refractivity contribution in [3.05, 3.63) is 42.0 Å². The van der Waals surface area contributed by atoms with Gasteiger partial charge in [0.15, 0.2) is 6.04 Å². The summed E-state index contributed by atoms with van der Waals surface area (Å²) in [6, 6.07) is 8.99. The number of carboxylic acid groups (broad SMARTS) is 1. The van der Waals surface area contributed by atoms with Gasteiger partial charge >= 0.3 is 11.9 Å². The number of hydrogen-bond acceptors (Lipinski definition) is 7. The van der Waals surface area contributed by atoms with E-state index in [4.69, 9.17) is 9.47 Å². The summed E-state index contributed by atoms with van der Waals surface area (Å²) in [4.78, 5) is 37.6. The molecule has 0 aromatic heterocycles. The molecule has 3 rings (SSSR count). The summed E-state index contributed by atoms with van der Waals surface area (Å²) in [5.74, 6) is -1.80. The number of nitrogens with one attached hydrogen (secondary N) is 2. The molecule has 1 aliphatic rings. The number of thioether (sulfide) groups is 1. The Morgan fingerprint density at radius 2 is 1.94 bits per heavy atom. The van der Waals surface area contributed by atoms with Crippen molar-refractivity contribution in [2.75, 3.05) is 13.7 Å². The lowest BCUT2D eigenvalue weighted by molar-refractivity contribution is -0.144. The van der Waals surface area contributed by atoms with Gasteiger partial charge in [0.25, 0.3) is 5.91 Å². The van der Waals surface area contributed by atoms with Gasteiger partial charge in [-0.3, -0.25) is 14.9 Å². The van der Waals surface area contributed by atoms with Gasteiger partial charge in [0.1, 0.15) is 11.8 Å². The fourth-order valence-corrected chi connectivity index (χ4v) is 5.17. The van der Waals surface area contributed by atoms with Crippen LogP contribution in [-0.2, 0) is 14.3 Å². The summed E-state index contributed by atoms with van der Waals surface area (Å²) < 4.78 is 9.88. The van der Waals surface area contributed by atoms with E-state index in [9.17, 15) is 19.5 Å². The molecule has 9 heteroatoms. The Morgan fingerprint density at radius 3 is 2.55 bits per heavy atom. The number of carbonyl (C=O) groups excluding carboxylic acids is 2. The molecule has 1 aliphatic heterocycles. The molecule has 1 amide bonds. The third-order valence-corrected chi connectivity index (χ3v) is 6.67. The fraction of sp³-hybridized carbons (Fsp3) is 0.409. The first kappa shape index (κ1) is 22.9. The zero-order valence-electron chi connectivity index (χ0n) is 17.8. The first-order chi connectivity index (χ1) is 14.7. The van der Waals surface area contributed by atoms with E-state index < -0.39 is 40.1 Å². The molecule has 3 N–H and O–H groups in total. The van der Waals surface area contributed by atoms with Gasteiger partial charge < -0.3 is 19.9 Å². The highest BCUT2D eigenvalue weighted by Crippen LogP contribution is 2.39. The lowest BCUT2D eigenvalue weighted by Gasteiger charge is -2.24. The van der Waals surface area contributed by atoms with Crippen LogP contribution in [0.1, 0.15) is 31.1 Å². The zero-order chi connectivity index (χ0) is 22.8. The van der Waals surface area contributed by atoms with Crippen molar-refractivity contribution in [1.29, 1.82) is 0 Å². The van der Waals surface area contributed by atoms with Crippen LogP contribution in [0.15, 0.2) is 36.4 Å². The van der Waals surface area contributed by atoms with Crippen LogP contribution < -0.4 is 15.4 Å². The Bertz CT molecular complexity index is 1010. The Balaban J connectivity index is 1.97. The summed E-state index contributed by atoms with van der Waals surface area (Å²) in [6.45, 7) is 5.74. The Kier molecular flexibility index (Phi) is 6.76. The minimum Gasteiger partial charge on any atom is -0.493 e. The van der Waals surface area contributed by atoms with Crippen molar-refractivity contribution in [2.45, 2.75) is 43.0 Å². The van der Waals surface area contributed by atoms with Gasteiger partial charge in [0.05, 0.1) is 24.7 Å². The summed E-state index contributed by atoms with van der Waals surface area (Å²) in [6.07, 6.45) is 0. The van der Waals surface area contributed by atoms with Crippen LogP contribution in [0.4, 0.5) is 0 Å². The molecule has 1 saturated heterocycles. The van der Waals surface area contributed by atoms with Crippen molar-refractivity contribution >= 4 is 40.4 Å². The third kappa shape index (κ3) is 4.62. The van der Waals surface area contributed by atoms with E-state index in [0.29, 0.717) is 23.3 Å². The van der Waals surface area contributed by atoms with E-state index in [1.807, 2.05) is 37.3 Å². The number of ether oxygens (including phenoxy) is 2. The molecule has 0 spiro atoms. The van der Waals surface area contributed by atoms with E-state index in [-0.39, 0.29) is 0 Å². The number of hydrogen-bond donors (Lipinski definition) is 3. The molecule has 1 heterocycles. The van der Waals surface area contributed by atoms with E-state index in [2.05, 4.69) is 10.6 Å². The van der Waals surface area contributed by atoms with Crippen molar-refractivity contribution in [2.24, 2.45) is 0 Å². The predicted molar refractivity (Wildman–Crippen MR) is 118 cm³/mol. The van der Waals surface area contributed by atoms with Crippen molar-refractivity contribution in [1.82, 2.24) is 10.6 Å². The second-order valence-corrected chi connectivity index (χ2v) is 9.44.